The van der Waals surface area contributed by atoms with Gasteiger partial charge in [-0.2, -0.15) is 0 Å². The van der Waals surface area contributed by atoms with Crippen LogP contribution in [0.3, 0.4) is 0 Å². The number of carbonyl (C=O) groups is 1. The van der Waals surface area contributed by atoms with Gasteiger partial charge in [0.25, 0.3) is 0 Å². The highest BCUT2D eigenvalue weighted by Crippen LogP contribution is 2.13. The highest BCUT2D eigenvalue weighted by molar-refractivity contribution is 6.30. The van der Waals surface area contributed by atoms with Crippen LogP contribution in [0.4, 0.5) is 5.69 Å². The van der Waals surface area contributed by atoms with Crippen molar-refractivity contribution in [2.24, 2.45) is 0 Å². The minimum absolute atomic E-state index is 0.157. The van der Waals surface area contributed by atoms with Crippen molar-refractivity contribution in [3.63, 3.8) is 0 Å². The van der Waals surface area contributed by atoms with Crippen LogP contribution in [0.15, 0.2) is 48.6 Å². The molecule has 15 heavy (non-hydrogen) atoms. The number of anilines is 1. The van der Waals surface area contributed by atoms with Crippen molar-refractivity contribution in [3.05, 3.63) is 53.6 Å². The molecule has 1 aromatic carbocycles. The Morgan fingerprint density at radius 2 is 1.93 bits per heavy atom. The first-order valence-electron chi connectivity index (χ1n) is 4.58. The third-order valence-electron chi connectivity index (χ3n) is 1.66. The summed E-state index contributed by atoms with van der Waals surface area (Å²) in [6.07, 6.45) is 6.80. The predicted molar refractivity (Wildman–Crippen MR) is 64.0 cm³/mol. The van der Waals surface area contributed by atoms with E-state index in [1.807, 2.05) is 13.0 Å². The monoisotopic (exact) mass is 221 g/mol. The molecule has 0 saturated heterocycles. The lowest BCUT2D eigenvalue weighted by atomic mass is 10.3. The molecular formula is C12H12ClNO. The number of nitrogens with one attached hydrogen (secondary N) is 1. The van der Waals surface area contributed by atoms with Gasteiger partial charge in [0, 0.05) is 16.8 Å². The minimum atomic E-state index is -0.157. The van der Waals surface area contributed by atoms with Gasteiger partial charge in [0.1, 0.15) is 0 Å². The molecule has 0 spiro atoms. The minimum Gasteiger partial charge on any atom is -0.323 e. The molecule has 0 radical (unpaired) electrons. The summed E-state index contributed by atoms with van der Waals surface area (Å²) in [6.45, 7) is 1.89. The topological polar surface area (TPSA) is 29.1 Å². The van der Waals surface area contributed by atoms with Gasteiger partial charge in [-0.15, -0.1) is 0 Å². The van der Waals surface area contributed by atoms with E-state index < -0.39 is 0 Å². The van der Waals surface area contributed by atoms with Crippen LogP contribution in [0.2, 0.25) is 5.02 Å². The molecule has 0 unspecified atom stereocenters. The van der Waals surface area contributed by atoms with Gasteiger partial charge in [0.2, 0.25) is 5.91 Å². The number of hydrogen-bond acceptors (Lipinski definition) is 1. The van der Waals surface area contributed by atoms with E-state index in [0.717, 1.165) is 5.69 Å². The lowest BCUT2D eigenvalue weighted by molar-refractivity contribution is -0.111. The maximum atomic E-state index is 11.3. The van der Waals surface area contributed by atoms with Gasteiger partial charge >= 0.3 is 0 Å². The summed E-state index contributed by atoms with van der Waals surface area (Å²) in [6, 6.07) is 6.97. The Labute approximate surface area is 94.3 Å². The standard InChI is InChI=1S/C12H12ClNO/c1-2-3-4-5-12(15)14-11-8-6-10(13)7-9-11/h2-9H,1H3,(H,14,15). The Morgan fingerprint density at radius 1 is 1.27 bits per heavy atom. The van der Waals surface area contributed by atoms with Crippen molar-refractivity contribution < 1.29 is 4.79 Å². The fourth-order valence-electron chi connectivity index (χ4n) is 0.971. The summed E-state index contributed by atoms with van der Waals surface area (Å²) < 4.78 is 0. The van der Waals surface area contributed by atoms with Crippen molar-refractivity contribution in [2.75, 3.05) is 5.32 Å². The summed E-state index contributed by atoms with van der Waals surface area (Å²) in [5.74, 6) is -0.157. The molecule has 2 nitrogen and oxygen atoms in total. The van der Waals surface area contributed by atoms with Gasteiger partial charge in [-0.1, -0.05) is 29.8 Å². The molecule has 78 valence electrons. The molecule has 0 bridgehead atoms. The molecule has 0 heterocycles. The molecule has 0 aromatic heterocycles. The first-order chi connectivity index (χ1) is 7.22. The smallest absolute Gasteiger partial charge is 0.248 e. The van der Waals surface area contributed by atoms with Crippen molar-refractivity contribution in [1.29, 1.82) is 0 Å². The number of carbonyl (C=O) groups excluding carboxylic acids is 1. The van der Waals surface area contributed by atoms with E-state index in [1.165, 1.54) is 6.08 Å². The van der Waals surface area contributed by atoms with Crippen LogP contribution in [-0.2, 0) is 4.79 Å². The highest BCUT2D eigenvalue weighted by atomic mass is 35.5. The third kappa shape index (κ3) is 4.47. The average molecular weight is 222 g/mol. The number of rotatable bonds is 3. The van der Waals surface area contributed by atoms with Crippen LogP contribution in [0, 0.1) is 0 Å². The normalized spacial score (nSPS) is 11.1. The SMILES string of the molecule is CC=CC=CC(=O)Nc1ccc(Cl)cc1. The first-order valence-corrected chi connectivity index (χ1v) is 4.96. The van der Waals surface area contributed by atoms with Crippen molar-refractivity contribution in [3.8, 4) is 0 Å². The molecule has 3 heteroatoms. The van der Waals surface area contributed by atoms with Crippen molar-refractivity contribution in [1.82, 2.24) is 0 Å². The quantitative estimate of drug-likeness (QED) is 0.615. The summed E-state index contributed by atoms with van der Waals surface area (Å²) in [5, 5.41) is 3.36. The fourth-order valence-corrected chi connectivity index (χ4v) is 1.10. The Morgan fingerprint density at radius 3 is 2.53 bits per heavy atom. The number of hydrogen-bond donors (Lipinski definition) is 1. The van der Waals surface area contributed by atoms with E-state index in [0.29, 0.717) is 5.02 Å². The second-order valence-corrected chi connectivity index (χ2v) is 3.32. The third-order valence-corrected chi connectivity index (χ3v) is 1.91. The summed E-state index contributed by atoms with van der Waals surface area (Å²) in [7, 11) is 0. The summed E-state index contributed by atoms with van der Waals surface area (Å²) >= 11 is 5.71. The zero-order valence-corrected chi connectivity index (χ0v) is 9.16. The Bertz CT molecular complexity index is 379. The molecule has 0 aliphatic heterocycles. The molecular weight excluding hydrogens is 210 g/mol. The van der Waals surface area contributed by atoms with Crippen LogP contribution >= 0.6 is 11.6 Å². The number of benzene rings is 1. The van der Waals surface area contributed by atoms with Crippen LogP contribution < -0.4 is 5.32 Å². The molecule has 0 aliphatic carbocycles. The summed E-state index contributed by atoms with van der Waals surface area (Å²) in [5.41, 5.74) is 0.731. The zero-order valence-electron chi connectivity index (χ0n) is 8.41. The molecule has 1 aromatic rings. The van der Waals surface area contributed by atoms with E-state index in [-0.39, 0.29) is 5.91 Å². The van der Waals surface area contributed by atoms with Crippen molar-refractivity contribution >= 4 is 23.2 Å². The Hall–Kier alpha value is -1.54. The van der Waals surface area contributed by atoms with E-state index in [4.69, 9.17) is 11.6 Å². The maximum absolute atomic E-state index is 11.3. The van der Waals surface area contributed by atoms with Gasteiger partial charge < -0.3 is 5.32 Å². The second-order valence-electron chi connectivity index (χ2n) is 2.88. The largest absolute Gasteiger partial charge is 0.323 e. The van der Waals surface area contributed by atoms with Crippen LogP contribution in [0.1, 0.15) is 6.92 Å². The zero-order chi connectivity index (χ0) is 11.1. The van der Waals surface area contributed by atoms with E-state index in [1.54, 1.807) is 36.4 Å². The lowest BCUT2D eigenvalue weighted by Crippen LogP contribution is -2.07. The van der Waals surface area contributed by atoms with E-state index in [2.05, 4.69) is 5.32 Å². The van der Waals surface area contributed by atoms with Crippen LogP contribution in [0.25, 0.3) is 0 Å². The average Bonchev–Trinajstić information content (AvgIpc) is 2.22. The van der Waals surface area contributed by atoms with Gasteiger partial charge in [0.15, 0.2) is 0 Å². The number of amides is 1. The molecule has 1 amide bonds. The van der Waals surface area contributed by atoms with Gasteiger partial charge in [-0.3, -0.25) is 4.79 Å². The van der Waals surface area contributed by atoms with Crippen molar-refractivity contribution in [2.45, 2.75) is 6.92 Å². The Balaban J connectivity index is 2.55. The maximum Gasteiger partial charge on any atom is 0.248 e. The molecule has 0 saturated carbocycles. The van der Waals surface area contributed by atoms with E-state index in [9.17, 15) is 4.79 Å². The van der Waals surface area contributed by atoms with Gasteiger partial charge in [-0.05, 0) is 31.2 Å². The number of allylic oxidation sites excluding steroid dienone is 3. The van der Waals surface area contributed by atoms with E-state index >= 15 is 0 Å². The Kier molecular flexibility index (Phi) is 4.64. The highest BCUT2D eigenvalue weighted by Gasteiger charge is 1.96. The second kappa shape index (κ2) is 6.04. The first kappa shape index (κ1) is 11.5. The molecule has 0 atom stereocenters. The molecule has 0 aliphatic rings. The molecule has 1 rings (SSSR count). The van der Waals surface area contributed by atoms with Crippen LogP contribution in [-0.4, -0.2) is 5.91 Å². The fraction of sp³-hybridized carbons (Fsp3) is 0.0833. The lowest BCUT2D eigenvalue weighted by Gasteiger charge is -2.00. The summed E-state index contributed by atoms with van der Waals surface area (Å²) in [4.78, 5) is 11.3. The number of halogens is 1. The molecule has 1 N–H and O–H groups in total. The molecule has 0 fully saturated rings. The van der Waals surface area contributed by atoms with Gasteiger partial charge in [0.05, 0.1) is 0 Å². The van der Waals surface area contributed by atoms with Gasteiger partial charge in [-0.25, -0.2) is 0 Å². The predicted octanol–water partition coefficient (Wildman–Crippen LogP) is 3.41. The van der Waals surface area contributed by atoms with Crippen LogP contribution in [0.5, 0.6) is 0 Å².